The average molecular weight is 311 g/mol. The van der Waals surface area contributed by atoms with Crippen LogP contribution in [-0.4, -0.2) is 37.6 Å². The highest BCUT2D eigenvalue weighted by Gasteiger charge is 2.16. The zero-order chi connectivity index (χ0) is 16.5. The van der Waals surface area contributed by atoms with E-state index < -0.39 is 0 Å². The van der Waals surface area contributed by atoms with Crippen molar-refractivity contribution in [3.05, 3.63) is 71.8 Å². The first-order valence-corrected chi connectivity index (χ1v) is 8.10. The van der Waals surface area contributed by atoms with Crippen molar-refractivity contribution in [2.24, 2.45) is 0 Å². The van der Waals surface area contributed by atoms with Gasteiger partial charge in [0.25, 0.3) is 0 Å². The standard InChI is InChI=1S/C20H25NO2/c1-21(2)16-15-19(14-13-17-9-5-3-6-10-17)23-20(22)18-11-7-4-8-12-18/h3-12,19H,13-16H2,1-2H3. The highest BCUT2D eigenvalue weighted by atomic mass is 16.5. The maximum atomic E-state index is 12.3. The minimum atomic E-state index is -0.234. The van der Waals surface area contributed by atoms with E-state index in [0.29, 0.717) is 5.56 Å². The zero-order valence-corrected chi connectivity index (χ0v) is 13.9. The molecule has 122 valence electrons. The minimum absolute atomic E-state index is 0.0645. The van der Waals surface area contributed by atoms with E-state index in [4.69, 9.17) is 4.74 Å². The molecule has 0 saturated heterocycles. The first-order valence-electron chi connectivity index (χ1n) is 8.10. The van der Waals surface area contributed by atoms with Crippen molar-refractivity contribution in [3.63, 3.8) is 0 Å². The summed E-state index contributed by atoms with van der Waals surface area (Å²) in [6.07, 6.45) is 2.54. The van der Waals surface area contributed by atoms with Gasteiger partial charge >= 0.3 is 5.97 Å². The van der Waals surface area contributed by atoms with Crippen LogP contribution in [0.1, 0.15) is 28.8 Å². The molecule has 0 radical (unpaired) electrons. The van der Waals surface area contributed by atoms with Crippen LogP contribution in [0, 0.1) is 0 Å². The van der Waals surface area contributed by atoms with E-state index in [9.17, 15) is 4.79 Å². The number of nitrogens with zero attached hydrogens (tertiary/aromatic N) is 1. The molecule has 0 saturated carbocycles. The van der Waals surface area contributed by atoms with Crippen molar-refractivity contribution in [2.45, 2.75) is 25.4 Å². The summed E-state index contributed by atoms with van der Waals surface area (Å²) < 4.78 is 5.74. The number of hydrogen-bond acceptors (Lipinski definition) is 3. The number of carbonyl (C=O) groups excluding carboxylic acids is 1. The third-order valence-corrected chi connectivity index (χ3v) is 3.78. The van der Waals surface area contributed by atoms with E-state index in [1.807, 2.05) is 50.5 Å². The van der Waals surface area contributed by atoms with Crippen LogP contribution in [0.15, 0.2) is 60.7 Å². The fraction of sp³-hybridized carbons (Fsp3) is 0.350. The van der Waals surface area contributed by atoms with Crippen molar-refractivity contribution in [1.29, 1.82) is 0 Å². The Bertz CT molecular complexity index is 581. The Morgan fingerprint density at radius 1 is 0.957 bits per heavy atom. The van der Waals surface area contributed by atoms with Crippen molar-refractivity contribution in [1.82, 2.24) is 4.90 Å². The Hall–Kier alpha value is -2.13. The molecule has 0 heterocycles. The molecule has 3 nitrogen and oxygen atoms in total. The first kappa shape index (κ1) is 17.2. The molecule has 3 heteroatoms. The molecule has 2 aromatic carbocycles. The van der Waals surface area contributed by atoms with Crippen LogP contribution in [-0.2, 0) is 11.2 Å². The van der Waals surface area contributed by atoms with Gasteiger partial charge in [-0.15, -0.1) is 0 Å². The molecule has 23 heavy (non-hydrogen) atoms. The number of ether oxygens (including phenoxy) is 1. The smallest absolute Gasteiger partial charge is 0.338 e. The summed E-state index contributed by atoms with van der Waals surface area (Å²) in [5, 5.41) is 0. The monoisotopic (exact) mass is 311 g/mol. The number of carbonyl (C=O) groups is 1. The molecule has 0 amide bonds. The van der Waals surface area contributed by atoms with E-state index in [0.717, 1.165) is 25.8 Å². The number of aryl methyl sites for hydroxylation is 1. The van der Waals surface area contributed by atoms with Crippen molar-refractivity contribution >= 4 is 5.97 Å². The summed E-state index contributed by atoms with van der Waals surface area (Å²) in [4.78, 5) is 14.4. The van der Waals surface area contributed by atoms with Crippen LogP contribution in [0.5, 0.6) is 0 Å². The Morgan fingerprint density at radius 3 is 2.17 bits per heavy atom. The molecule has 2 rings (SSSR count). The molecule has 2 aromatic rings. The van der Waals surface area contributed by atoms with Gasteiger partial charge in [-0.1, -0.05) is 48.5 Å². The third kappa shape index (κ3) is 6.25. The van der Waals surface area contributed by atoms with Crippen LogP contribution in [0.4, 0.5) is 0 Å². The van der Waals surface area contributed by atoms with Crippen LogP contribution in [0.2, 0.25) is 0 Å². The average Bonchev–Trinajstić information content (AvgIpc) is 2.58. The van der Waals surface area contributed by atoms with E-state index in [1.54, 1.807) is 12.1 Å². The maximum Gasteiger partial charge on any atom is 0.338 e. The number of hydrogen-bond donors (Lipinski definition) is 0. The van der Waals surface area contributed by atoms with Crippen LogP contribution in [0.25, 0.3) is 0 Å². The second-order valence-corrected chi connectivity index (χ2v) is 6.01. The van der Waals surface area contributed by atoms with Crippen molar-refractivity contribution in [3.8, 4) is 0 Å². The first-order chi connectivity index (χ1) is 11.1. The predicted octanol–water partition coefficient (Wildman–Crippen LogP) is 3.80. The molecule has 0 spiro atoms. The fourth-order valence-electron chi connectivity index (χ4n) is 2.43. The number of benzene rings is 2. The molecular weight excluding hydrogens is 286 g/mol. The van der Waals surface area contributed by atoms with Crippen LogP contribution >= 0.6 is 0 Å². The Kier molecular flexibility index (Phi) is 6.82. The van der Waals surface area contributed by atoms with Gasteiger partial charge in [0.15, 0.2) is 0 Å². The van der Waals surface area contributed by atoms with Gasteiger partial charge in [-0.2, -0.15) is 0 Å². The van der Waals surface area contributed by atoms with E-state index in [1.165, 1.54) is 5.56 Å². The summed E-state index contributed by atoms with van der Waals surface area (Å²) in [5.41, 5.74) is 1.89. The lowest BCUT2D eigenvalue weighted by atomic mass is 10.0. The molecule has 0 N–H and O–H groups in total. The quantitative estimate of drug-likeness (QED) is 0.695. The van der Waals surface area contributed by atoms with Crippen molar-refractivity contribution < 1.29 is 9.53 Å². The number of rotatable bonds is 8. The molecule has 0 fully saturated rings. The second-order valence-electron chi connectivity index (χ2n) is 6.01. The summed E-state index contributed by atoms with van der Waals surface area (Å²) in [6, 6.07) is 19.5. The summed E-state index contributed by atoms with van der Waals surface area (Å²) in [7, 11) is 4.07. The zero-order valence-electron chi connectivity index (χ0n) is 13.9. The molecule has 0 bridgehead atoms. The summed E-state index contributed by atoms with van der Waals surface area (Å²) >= 11 is 0. The molecular formula is C20H25NO2. The van der Waals surface area contributed by atoms with Gasteiger partial charge in [-0.05, 0) is 51.1 Å². The molecule has 0 aliphatic rings. The van der Waals surface area contributed by atoms with Crippen LogP contribution < -0.4 is 0 Å². The predicted molar refractivity (Wildman–Crippen MR) is 93.6 cm³/mol. The van der Waals surface area contributed by atoms with Crippen LogP contribution in [0.3, 0.4) is 0 Å². The van der Waals surface area contributed by atoms with Crippen molar-refractivity contribution in [2.75, 3.05) is 20.6 Å². The highest BCUT2D eigenvalue weighted by molar-refractivity contribution is 5.89. The second kappa shape index (κ2) is 9.11. The van der Waals surface area contributed by atoms with Gasteiger partial charge in [-0.25, -0.2) is 4.79 Å². The summed E-state index contributed by atoms with van der Waals surface area (Å²) in [6.45, 7) is 0.904. The Labute approximate surface area is 138 Å². The fourth-order valence-corrected chi connectivity index (χ4v) is 2.43. The largest absolute Gasteiger partial charge is 0.459 e. The molecule has 1 unspecified atom stereocenters. The molecule has 1 atom stereocenters. The lowest BCUT2D eigenvalue weighted by Gasteiger charge is -2.20. The Morgan fingerprint density at radius 2 is 1.57 bits per heavy atom. The van der Waals surface area contributed by atoms with Gasteiger partial charge in [0.1, 0.15) is 6.10 Å². The van der Waals surface area contributed by atoms with E-state index in [-0.39, 0.29) is 12.1 Å². The normalized spacial score (nSPS) is 12.1. The van der Waals surface area contributed by atoms with Gasteiger partial charge < -0.3 is 9.64 Å². The SMILES string of the molecule is CN(C)CCC(CCc1ccccc1)OC(=O)c1ccccc1. The van der Waals surface area contributed by atoms with Gasteiger partial charge in [0.05, 0.1) is 5.56 Å². The lowest BCUT2D eigenvalue weighted by molar-refractivity contribution is 0.0246. The van der Waals surface area contributed by atoms with Gasteiger partial charge in [0, 0.05) is 6.54 Å². The highest BCUT2D eigenvalue weighted by Crippen LogP contribution is 2.13. The van der Waals surface area contributed by atoms with Gasteiger partial charge in [0.2, 0.25) is 0 Å². The molecule has 0 aliphatic carbocycles. The third-order valence-electron chi connectivity index (χ3n) is 3.78. The van der Waals surface area contributed by atoms with E-state index in [2.05, 4.69) is 17.0 Å². The number of esters is 1. The topological polar surface area (TPSA) is 29.5 Å². The maximum absolute atomic E-state index is 12.3. The van der Waals surface area contributed by atoms with E-state index >= 15 is 0 Å². The molecule has 0 aromatic heterocycles. The Balaban J connectivity index is 1.94. The lowest BCUT2D eigenvalue weighted by Crippen LogP contribution is -2.25. The molecule has 0 aliphatic heterocycles. The van der Waals surface area contributed by atoms with Gasteiger partial charge in [-0.3, -0.25) is 0 Å². The minimum Gasteiger partial charge on any atom is -0.459 e. The summed E-state index contributed by atoms with van der Waals surface area (Å²) in [5.74, 6) is -0.234.